The normalized spacial score (nSPS) is 18.5. The SMILES string of the molecule is Cc1nc(C)n(CC2CN(Cc3ccc(C#N)cc3F)CCO2)n1. The summed E-state index contributed by atoms with van der Waals surface area (Å²) >= 11 is 0. The van der Waals surface area contributed by atoms with Crippen molar-refractivity contribution >= 4 is 0 Å². The lowest BCUT2D eigenvalue weighted by molar-refractivity contribution is -0.0408. The number of aromatic nitrogens is 3. The summed E-state index contributed by atoms with van der Waals surface area (Å²) in [5, 5.41) is 13.2. The first-order valence-electron chi connectivity index (χ1n) is 7.95. The Morgan fingerprint density at radius 3 is 2.92 bits per heavy atom. The smallest absolute Gasteiger partial charge is 0.147 e. The van der Waals surface area contributed by atoms with Crippen molar-refractivity contribution in [2.75, 3.05) is 19.7 Å². The van der Waals surface area contributed by atoms with Crippen molar-refractivity contribution in [2.45, 2.75) is 33.0 Å². The lowest BCUT2D eigenvalue weighted by Crippen LogP contribution is -2.44. The molecule has 24 heavy (non-hydrogen) atoms. The Hall–Kier alpha value is -2.30. The molecule has 6 nitrogen and oxygen atoms in total. The van der Waals surface area contributed by atoms with E-state index in [9.17, 15) is 4.39 Å². The summed E-state index contributed by atoms with van der Waals surface area (Å²) in [4.78, 5) is 6.46. The van der Waals surface area contributed by atoms with Gasteiger partial charge in [-0.3, -0.25) is 4.90 Å². The van der Waals surface area contributed by atoms with E-state index < -0.39 is 0 Å². The summed E-state index contributed by atoms with van der Waals surface area (Å²) in [5.74, 6) is 1.28. The van der Waals surface area contributed by atoms with Crippen molar-refractivity contribution in [1.29, 1.82) is 5.26 Å². The maximum absolute atomic E-state index is 14.1. The molecule has 1 unspecified atom stereocenters. The van der Waals surface area contributed by atoms with Crippen LogP contribution in [-0.2, 0) is 17.8 Å². The van der Waals surface area contributed by atoms with Crippen LogP contribution in [0.15, 0.2) is 18.2 Å². The highest BCUT2D eigenvalue weighted by Crippen LogP contribution is 2.16. The lowest BCUT2D eigenvalue weighted by atomic mass is 10.1. The zero-order chi connectivity index (χ0) is 17.1. The van der Waals surface area contributed by atoms with Crippen molar-refractivity contribution in [3.63, 3.8) is 0 Å². The van der Waals surface area contributed by atoms with E-state index in [2.05, 4.69) is 15.0 Å². The summed E-state index contributed by atoms with van der Waals surface area (Å²) in [6.07, 6.45) is -0.00000656. The largest absolute Gasteiger partial charge is 0.374 e. The third kappa shape index (κ3) is 3.78. The Morgan fingerprint density at radius 1 is 1.42 bits per heavy atom. The van der Waals surface area contributed by atoms with Crippen molar-refractivity contribution in [3.8, 4) is 6.07 Å². The van der Waals surface area contributed by atoms with Gasteiger partial charge in [0.2, 0.25) is 0 Å². The average molecular weight is 329 g/mol. The molecule has 0 saturated carbocycles. The molecule has 0 N–H and O–H groups in total. The van der Waals surface area contributed by atoms with Gasteiger partial charge in [-0.1, -0.05) is 6.07 Å². The second-order valence-corrected chi connectivity index (χ2v) is 6.03. The first-order valence-corrected chi connectivity index (χ1v) is 7.95. The number of rotatable bonds is 4. The van der Waals surface area contributed by atoms with E-state index in [1.54, 1.807) is 12.1 Å². The number of hydrogen-bond acceptors (Lipinski definition) is 5. The van der Waals surface area contributed by atoms with Crippen LogP contribution in [0.25, 0.3) is 0 Å². The highest BCUT2D eigenvalue weighted by atomic mass is 19.1. The fraction of sp³-hybridized carbons (Fsp3) is 0.471. The van der Waals surface area contributed by atoms with E-state index in [4.69, 9.17) is 10.00 Å². The predicted molar refractivity (Wildman–Crippen MR) is 85.6 cm³/mol. The van der Waals surface area contributed by atoms with Crippen LogP contribution in [0.5, 0.6) is 0 Å². The van der Waals surface area contributed by atoms with Crippen LogP contribution >= 0.6 is 0 Å². The van der Waals surface area contributed by atoms with Crippen molar-refractivity contribution in [3.05, 3.63) is 46.8 Å². The van der Waals surface area contributed by atoms with E-state index in [0.717, 1.165) is 18.2 Å². The minimum Gasteiger partial charge on any atom is -0.374 e. The Balaban J connectivity index is 1.63. The Labute approximate surface area is 140 Å². The van der Waals surface area contributed by atoms with Gasteiger partial charge in [-0.25, -0.2) is 14.1 Å². The molecule has 0 amide bonds. The third-order valence-corrected chi connectivity index (χ3v) is 4.14. The lowest BCUT2D eigenvalue weighted by Gasteiger charge is -2.33. The van der Waals surface area contributed by atoms with Gasteiger partial charge in [-0.05, 0) is 26.0 Å². The molecule has 0 spiro atoms. The molecule has 2 aromatic rings. The van der Waals surface area contributed by atoms with Crippen LogP contribution in [0.4, 0.5) is 4.39 Å². The zero-order valence-electron chi connectivity index (χ0n) is 13.9. The van der Waals surface area contributed by atoms with Crippen LogP contribution in [0.3, 0.4) is 0 Å². The minimum absolute atomic E-state index is 0.00000656. The van der Waals surface area contributed by atoms with Crippen molar-refractivity contribution < 1.29 is 9.13 Å². The van der Waals surface area contributed by atoms with Gasteiger partial charge >= 0.3 is 0 Å². The molecule has 2 heterocycles. The molecule has 0 aliphatic carbocycles. The first-order chi connectivity index (χ1) is 11.5. The van der Waals surface area contributed by atoms with Gasteiger partial charge in [0.05, 0.1) is 30.9 Å². The van der Waals surface area contributed by atoms with Crippen LogP contribution < -0.4 is 0 Å². The molecule has 1 saturated heterocycles. The summed E-state index contributed by atoms with van der Waals surface area (Å²) in [6.45, 7) is 7.00. The van der Waals surface area contributed by atoms with Crippen LogP contribution in [0.1, 0.15) is 22.8 Å². The fourth-order valence-corrected chi connectivity index (χ4v) is 2.95. The van der Waals surface area contributed by atoms with E-state index in [1.807, 2.05) is 24.6 Å². The molecule has 1 aliphatic heterocycles. The molecule has 1 atom stereocenters. The molecule has 3 rings (SSSR count). The summed E-state index contributed by atoms with van der Waals surface area (Å²) in [5.41, 5.74) is 0.940. The number of hydrogen-bond donors (Lipinski definition) is 0. The van der Waals surface area contributed by atoms with Gasteiger partial charge in [0.15, 0.2) is 0 Å². The second-order valence-electron chi connectivity index (χ2n) is 6.03. The average Bonchev–Trinajstić information content (AvgIpc) is 2.87. The van der Waals surface area contributed by atoms with Gasteiger partial charge in [0, 0.05) is 25.2 Å². The van der Waals surface area contributed by atoms with Crippen LogP contribution in [0.2, 0.25) is 0 Å². The van der Waals surface area contributed by atoms with Gasteiger partial charge in [0.25, 0.3) is 0 Å². The third-order valence-electron chi connectivity index (χ3n) is 4.14. The summed E-state index contributed by atoms with van der Waals surface area (Å²) in [6, 6.07) is 6.57. The van der Waals surface area contributed by atoms with Gasteiger partial charge in [-0.2, -0.15) is 10.4 Å². The zero-order valence-corrected chi connectivity index (χ0v) is 13.9. The summed E-state index contributed by atoms with van der Waals surface area (Å²) < 4.78 is 21.7. The van der Waals surface area contributed by atoms with Gasteiger partial charge in [0.1, 0.15) is 17.5 Å². The van der Waals surface area contributed by atoms with E-state index in [1.165, 1.54) is 6.07 Å². The molecule has 0 bridgehead atoms. The number of morpholine rings is 1. The topological polar surface area (TPSA) is 67.0 Å². The predicted octanol–water partition coefficient (Wildman–Crippen LogP) is 1.81. The van der Waals surface area contributed by atoms with Crippen molar-refractivity contribution in [1.82, 2.24) is 19.7 Å². The summed E-state index contributed by atoms with van der Waals surface area (Å²) in [7, 11) is 0. The number of nitriles is 1. The van der Waals surface area contributed by atoms with Gasteiger partial charge in [-0.15, -0.1) is 0 Å². The molecule has 7 heteroatoms. The van der Waals surface area contributed by atoms with Crippen molar-refractivity contribution in [2.24, 2.45) is 0 Å². The number of aryl methyl sites for hydroxylation is 2. The quantitative estimate of drug-likeness (QED) is 0.856. The molecule has 0 radical (unpaired) electrons. The number of ether oxygens (including phenoxy) is 1. The Morgan fingerprint density at radius 2 is 2.25 bits per heavy atom. The molecule has 1 aromatic carbocycles. The monoisotopic (exact) mass is 329 g/mol. The number of benzene rings is 1. The van der Waals surface area contributed by atoms with Crippen LogP contribution in [-0.4, -0.2) is 45.5 Å². The Kier molecular flexibility index (Phi) is 4.88. The highest BCUT2D eigenvalue weighted by molar-refractivity contribution is 5.32. The molecule has 1 fully saturated rings. The standard InChI is InChI=1S/C17H20FN5O/c1-12-20-13(2)23(21-12)11-16-10-22(5-6-24-16)9-15-4-3-14(8-19)7-17(15)18/h3-4,7,16H,5-6,9-11H2,1-2H3. The highest BCUT2D eigenvalue weighted by Gasteiger charge is 2.22. The van der Waals surface area contributed by atoms with Gasteiger partial charge < -0.3 is 4.74 Å². The number of nitrogens with zero attached hydrogens (tertiary/aromatic N) is 5. The molecule has 1 aliphatic rings. The maximum Gasteiger partial charge on any atom is 0.147 e. The first kappa shape index (κ1) is 16.6. The second kappa shape index (κ2) is 7.07. The Bertz CT molecular complexity index is 767. The molecular formula is C17H20FN5O. The molecule has 126 valence electrons. The van der Waals surface area contributed by atoms with E-state index in [0.29, 0.717) is 37.4 Å². The minimum atomic E-state index is -0.333. The molecular weight excluding hydrogens is 309 g/mol. The molecule has 1 aromatic heterocycles. The maximum atomic E-state index is 14.1. The van der Waals surface area contributed by atoms with Crippen LogP contribution in [0, 0.1) is 31.0 Å². The van der Waals surface area contributed by atoms with E-state index in [-0.39, 0.29) is 11.9 Å². The fourth-order valence-electron chi connectivity index (χ4n) is 2.95. The number of halogens is 1. The van der Waals surface area contributed by atoms with E-state index >= 15 is 0 Å².